The number of carbonyl (C=O) groups excluding carboxylic acids is 1. The zero-order valence-corrected chi connectivity index (χ0v) is 10.5. The van der Waals surface area contributed by atoms with E-state index in [2.05, 4.69) is 10.3 Å². The molecule has 0 radical (unpaired) electrons. The Morgan fingerprint density at radius 2 is 2.11 bits per heavy atom. The van der Waals surface area contributed by atoms with Crippen LogP contribution in [0.3, 0.4) is 0 Å². The Hall–Kier alpha value is -2.27. The molecule has 96 valence electrons. The number of nitrogens with zero attached hydrogens (tertiary/aromatic N) is 1. The van der Waals surface area contributed by atoms with Crippen LogP contribution in [0.15, 0.2) is 36.7 Å². The minimum absolute atomic E-state index is 0.197. The fourth-order valence-electron chi connectivity index (χ4n) is 1.73. The number of benzene rings is 1. The minimum atomic E-state index is -0.300. The number of rotatable bonds is 2. The molecule has 0 fully saturated rings. The molecule has 2 aromatic rings. The van der Waals surface area contributed by atoms with Crippen molar-refractivity contribution in [3.05, 3.63) is 47.2 Å². The number of halogens is 1. The normalized spacial score (nSPS) is 12.3. The number of ether oxygens (including phenoxy) is 2. The average Bonchev–Trinajstić information content (AvgIpc) is 2.86. The van der Waals surface area contributed by atoms with Crippen molar-refractivity contribution < 1.29 is 14.3 Å². The lowest BCUT2D eigenvalue weighted by Gasteiger charge is -2.07. The summed E-state index contributed by atoms with van der Waals surface area (Å²) in [5.74, 6) is 0.977. The maximum atomic E-state index is 12.0. The van der Waals surface area contributed by atoms with E-state index in [0.29, 0.717) is 27.8 Å². The number of aromatic nitrogens is 1. The first-order chi connectivity index (χ1) is 9.24. The lowest BCUT2D eigenvalue weighted by molar-refractivity contribution is 0.102. The van der Waals surface area contributed by atoms with Crippen LogP contribution >= 0.6 is 11.6 Å². The molecule has 0 bridgehead atoms. The van der Waals surface area contributed by atoms with Gasteiger partial charge in [0, 0.05) is 24.1 Å². The molecule has 1 N–H and O–H groups in total. The second kappa shape index (κ2) is 4.78. The van der Waals surface area contributed by atoms with E-state index in [4.69, 9.17) is 21.1 Å². The first kappa shape index (κ1) is 11.8. The van der Waals surface area contributed by atoms with Crippen LogP contribution in [0.2, 0.25) is 5.02 Å². The molecule has 5 nitrogen and oxygen atoms in total. The van der Waals surface area contributed by atoms with E-state index in [1.165, 1.54) is 12.4 Å². The van der Waals surface area contributed by atoms with E-state index < -0.39 is 0 Å². The third-order valence-electron chi connectivity index (χ3n) is 2.65. The van der Waals surface area contributed by atoms with Gasteiger partial charge in [-0.15, -0.1) is 0 Å². The lowest BCUT2D eigenvalue weighted by Crippen LogP contribution is -2.12. The fourth-order valence-corrected chi connectivity index (χ4v) is 1.94. The number of fused-ring (bicyclic) bond motifs is 1. The predicted octanol–water partition coefficient (Wildman–Crippen LogP) is 2.72. The first-order valence-electron chi connectivity index (χ1n) is 5.54. The molecule has 2 heterocycles. The summed E-state index contributed by atoms with van der Waals surface area (Å²) in [4.78, 5) is 15.9. The van der Waals surface area contributed by atoms with Gasteiger partial charge in [0.2, 0.25) is 6.79 Å². The summed E-state index contributed by atoms with van der Waals surface area (Å²) < 4.78 is 10.4. The monoisotopic (exact) mass is 276 g/mol. The van der Waals surface area contributed by atoms with E-state index in [9.17, 15) is 4.79 Å². The molecule has 1 aromatic heterocycles. The van der Waals surface area contributed by atoms with Gasteiger partial charge in [-0.2, -0.15) is 0 Å². The molecule has 3 rings (SSSR count). The molecular formula is C13H9ClN2O3. The highest BCUT2D eigenvalue weighted by molar-refractivity contribution is 6.34. The van der Waals surface area contributed by atoms with Crippen LogP contribution in [0.25, 0.3) is 0 Å². The Morgan fingerprint density at radius 3 is 2.95 bits per heavy atom. The third-order valence-corrected chi connectivity index (χ3v) is 2.95. The molecule has 1 aromatic carbocycles. The first-order valence-corrected chi connectivity index (χ1v) is 5.92. The highest BCUT2D eigenvalue weighted by atomic mass is 35.5. The van der Waals surface area contributed by atoms with Crippen LogP contribution in [-0.4, -0.2) is 17.7 Å². The Bertz CT molecular complexity index is 646. The van der Waals surface area contributed by atoms with Gasteiger partial charge in [0.1, 0.15) is 0 Å². The molecule has 19 heavy (non-hydrogen) atoms. The summed E-state index contributed by atoms with van der Waals surface area (Å²) in [6.07, 6.45) is 2.94. The number of nitrogens with one attached hydrogen (secondary N) is 1. The lowest BCUT2D eigenvalue weighted by atomic mass is 10.2. The van der Waals surface area contributed by atoms with Crippen molar-refractivity contribution in [3.8, 4) is 11.5 Å². The molecule has 6 heteroatoms. The molecule has 0 saturated heterocycles. The van der Waals surface area contributed by atoms with Crippen molar-refractivity contribution in [2.24, 2.45) is 0 Å². The molecule has 0 atom stereocenters. The Morgan fingerprint density at radius 1 is 1.26 bits per heavy atom. The molecular weight excluding hydrogens is 268 g/mol. The predicted molar refractivity (Wildman–Crippen MR) is 69.8 cm³/mol. The van der Waals surface area contributed by atoms with Crippen molar-refractivity contribution in [2.45, 2.75) is 0 Å². The summed E-state index contributed by atoms with van der Waals surface area (Å²) in [5, 5.41) is 3.05. The number of pyridine rings is 1. The van der Waals surface area contributed by atoms with Crippen LogP contribution in [0.5, 0.6) is 11.5 Å². The molecule has 1 aliphatic rings. The van der Waals surface area contributed by atoms with Crippen LogP contribution in [0.1, 0.15) is 10.4 Å². The smallest absolute Gasteiger partial charge is 0.257 e. The average molecular weight is 277 g/mol. The Labute approximate surface area is 114 Å². The highest BCUT2D eigenvalue weighted by Crippen LogP contribution is 2.34. The van der Waals surface area contributed by atoms with Gasteiger partial charge in [-0.3, -0.25) is 9.78 Å². The van der Waals surface area contributed by atoms with Crippen LogP contribution in [-0.2, 0) is 0 Å². The van der Waals surface area contributed by atoms with E-state index in [1.54, 1.807) is 24.3 Å². The number of hydrogen-bond donors (Lipinski definition) is 1. The molecule has 1 aliphatic heterocycles. The Kier molecular flexibility index (Phi) is 2.97. The number of anilines is 1. The SMILES string of the molecule is O=C(Nc1ccc2c(c1)OCO2)c1ccncc1Cl. The van der Waals surface area contributed by atoms with Crippen LogP contribution in [0, 0.1) is 0 Å². The number of amides is 1. The standard InChI is InChI=1S/C13H9ClN2O3/c14-10-6-15-4-3-9(10)13(17)16-8-1-2-11-12(5-8)19-7-18-11/h1-6H,7H2,(H,16,17). The number of carbonyl (C=O) groups is 1. The maximum absolute atomic E-state index is 12.0. The van der Waals surface area contributed by atoms with Gasteiger partial charge in [0.25, 0.3) is 5.91 Å². The Balaban J connectivity index is 1.82. The van der Waals surface area contributed by atoms with Crippen LogP contribution in [0.4, 0.5) is 5.69 Å². The zero-order valence-electron chi connectivity index (χ0n) is 9.72. The third kappa shape index (κ3) is 2.32. The van der Waals surface area contributed by atoms with E-state index in [-0.39, 0.29) is 12.7 Å². The van der Waals surface area contributed by atoms with Crippen LogP contribution < -0.4 is 14.8 Å². The molecule has 0 aliphatic carbocycles. The second-order valence-corrected chi connectivity index (χ2v) is 4.28. The van der Waals surface area contributed by atoms with Gasteiger partial charge in [0.15, 0.2) is 11.5 Å². The van der Waals surface area contributed by atoms with E-state index in [1.807, 2.05) is 0 Å². The molecule has 0 saturated carbocycles. The summed E-state index contributed by atoms with van der Waals surface area (Å²) >= 11 is 5.91. The summed E-state index contributed by atoms with van der Waals surface area (Å²) in [6, 6.07) is 6.74. The van der Waals surface area contributed by atoms with Crippen molar-refractivity contribution in [3.63, 3.8) is 0 Å². The zero-order chi connectivity index (χ0) is 13.2. The van der Waals surface area contributed by atoms with E-state index in [0.717, 1.165) is 0 Å². The quantitative estimate of drug-likeness (QED) is 0.916. The van der Waals surface area contributed by atoms with Gasteiger partial charge >= 0.3 is 0 Å². The van der Waals surface area contributed by atoms with Gasteiger partial charge < -0.3 is 14.8 Å². The molecule has 0 unspecified atom stereocenters. The highest BCUT2D eigenvalue weighted by Gasteiger charge is 2.15. The summed E-state index contributed by atoms with van der Waals surface area (Å²) in [6.45, 7) is 0.197. The summed E-state index contributed by atoms with van der Waals surface area (Å²) in [5.41, 5.74) is 0.983. The second-order valence-electron chi connectivity index (χ2n) is 3.88. The van der Waals surface area contributed by atoms with Gasteiger partial charge in [0.05, 0.1) is 10.6 Å². The topological polar surface area (TPSA) is 60.5 Å². The minimum Gasteiger partial charge on any atom is -0.454 e. The van der Waals surface area contributed by atoms with Gasteiger partial charge in [-0.05, 0) is 18.2 Å². The van der Waals surface area contributed by atoms with Crippen molar-refractivity contribution in [2.75, 3.05) is 12.1 Å². The number of hydrogen-bond acceptors (Lipinski definition) is 4. The molecule has 0 spiro atoms. The van der Waals surface area contributed by atoms with Crippen molar-refractivity contribution in [1.82, 2.24) is 4.98 Å². The van der Waals surface area contributed by atoms with E-state index >= 15 is 0 Å². The van der Waals surface area contributed by atoms with Crippen molar-refractivity contribution in [1.29, 1.82) is 0 Å². The maximum Gasteiger partial charge on any atom is 0.257 e. The molecule has 1 amide bonds. The van der Waals surface area contributed by atoms with Gasteiger partial charge in [-0.25, -0.2) is 0 Å². The largest absolute Gasteiger partial charge is 0.454 e. The fraction of sp³-hybridized carbons (Fsp3) is 0.0769. The van der Waals surface area contributed by atoms with Crippen molar-refractivity contribution >= 4 is 23.2 Å². The van der Waals surface area contributed by atoms with Gasteiger partial charge in [-0.1, -0.05) is 11.6 Å². The summed E-state index contributed by atoms with van der Waals surface area (Å²) in [7, 11) is 0.